The van der Waals surface area contributed by atoms with Crippen LogP contribution in [-0.2, 0) is 11.2 Å². The average molecular weight is 317 g/mol. The molecule has 1 saturated heterocycles. The van der Waals surface area contributed by atoms with E-state index in [4.69, 9.17) is 0 Å². The number of nitrogens with one attached hydrogen (secondary N) is 1. The fourth-order valence-electron chi connectivity index (χ4n) is 3.49. The van der Waals surface area contributed by atoms with Gasteiger partial charge in [-0.25, -0.2) is 0 Å². The van der Waals surface area contributed by atoms with Crippen molar-refractivity contribution in [3.05, 3.63) is 29.8 Å². The first-order chi connectivity index (χ1) is 11.1. The Morgan fingerprint density at radius 1 is 1.35 bits per heavy atom. The van der Waals surface area contributed by atoms with Crippen LogP contribution in [0.5, 0.6) is 0 Å². The van der Waals surface area contributed by atoms with Gasteiger partial charge in [-0.2, -0.15) is 0 Å². The van der Waals surface area contributed by atoms with Gasteiger partial charge in [-0.15, -0.1) is 0 Å². The summed E-state index contributed by atoms with van der Waals surface area (Å²) in [4.78, 5) is 16.4. The van der Waals surface area contributed by atoms with E-state index in [2.05, 4.69) is 41.4 Å². The van der Waals surface area contributed by atoms with Crippen molar-refractivity contribution >= 4 is 11.6 Å². The zero-order chi connectivity index (χ0) is 16.2. The standard InChI is InChI=1S/C18H27N3O2/c1-14-6-9-20(12-17(14)22)13-18(23)19-8-11-21-10-7-15-4-2-3-5-16(15)21/h2-5,14,17,22H,6-13H2,1H3,(H,19,23). The molecule has 2 aliphatic rings. The van der Waals surface area contributed by atoms with Crippen molar-refractivity contribution in [1.29, 1.82) is 0 Å². The molecule has 0 spiro atoms. The van der Waals surface area contributed by atoms with Crippen LogP contribution in [0.4, 0.5) is 5.69 Å². The number of β-amino-alcohol motifs (C(OH)–C–C–N with tert-alkyl or cyclic N) is 1. The van der Waals surface area contributed by atoms with Gasteiger partial charge < -0.3 is 15.3 Å². The predicted octanol–water partition coefficient (Wildman–Crippen LogP) is 0.868. The fourth-order valence-corrected chi connectivity index (χ4v) is 3.49. The molecule has 0 bridgehead atoms. The molecule has 0 radical (unpaired) electrons. The molecule has 0 aliphatic carbocycles. The molecular weight excluding hydrogens is 290 g/mol. The van der Waals surface area contributed by atoms with E-state index in [1.54, 1.807) is 0 Å². The summed E-state index contributed by atoms with van der Waals surface area (Å²) in [6, 6.07) is 8.48. The van der Waals surface area contributed by atoms with Crippen molar-refractivity contribution in [3.8, 4) is 0 Å². The third kappa shape index (κ3) is 4.03. The number of nitrogens with zero attached hydrogens (tertiary/aromatic N) is 2. The van der Waals surface area contributed by atoms with Crippen LogP contribution in [0, 0.1) is 5.92 Å². The van der Waals surface area contributed by atoms with Gasteiger partial charge in [0.05, 0.1) is 12.6 Å². The summed E-state index contributed by atoms with van der Waals surface area (Å²) in [6.07, 6.45) is 1.74. The van der Waals surface area contributed by atoms with E-state index >= 15 is 0 Å². The quantitative estimate of drug-likeness (QED) is 0.846. The Morgan fingerprint density at radius 2 is 2.17 bits per heavy atom. The zero-order valence-electron chi connectivity index (χ0n) is 13.9. The smallest absolute Gasteiger partial charge is 0.234 e. The lowest BCUT2D eigenvalue weighted by Gasteiger charge is -2.33. The Balaban J connectivity index is 1.39. The maximum absolute atomic E-state index is 12.1. The number of aliphatic hydroxyl groups is 1. The number of benzene rings is 1. The minimum Gasteiger partial charge on any atom is -0.392 e. The van der Waals surface area contributed by atoms with Crippen LogP contribution in [0.3, 0.4) is 0 Å². The minimum absolute atomic E-state index is 0.0548. The van der Waals surface area contributed by atoms with Gasteiger partial charge in [0.15, 0.2) is 0 Å². The van der Waals surface area contributed by atoms with Crippen LogP contribution in [0.15, 0.2) is 24.3 Å². The molecule has 2 atom stereocenters. The molecule has 2 N–H and O–H groups in total. The summed E-state index contributed by atoms with van der Waals surface area (Å²) in [5, 5.41) is 12.9. The van der Waals surface area contributed by atoms with Crippen molar-refractivity contribution < 1.29 is 9.90 Å². The highest BCUT2D eigenvalue weighted by atomic mass is 16.3. The SMILES string of the molecule is CC1CCN(CC(=O)NCCN2CCc3ccccc32)CC1O. The van der Waals surface area contributed by atoms with E-state index in [0.29, 0.717) is 25.6 Å². The van der Waals surface area contributed by atoms with E-state index in [-0.39, 0.29) is 12.0 Å². The number of carbonyl (C=O) groups is 1. The van der Waals surface area contributed by atoms with Gasteiger partial charge in [-0.1, -0.05) is 25.1 Å². The Morgan fingerprint density at radius 3 is 3.00 bits per heavy atom. The molecule has 2 unspecified atom stereocenters. The lowest BCUT2D eigenvalue weighted by Crippen LogP contribution is -2.47. The number of aliphatic hydroxyl groups excluding tert-OH is 1. The molecule has 2 heterocycles. The van der Waals surface area contributed by atoms with Crippen molar-refractivity contribution in [2.24, 2.45) is 5.92 Å². The average Bonchev–Trinajstić information content (AvgIpc) is 2.94. The summed E-state index contributed by atoms with van der Waals surface area (Å²) >= 11 is 0. The van der Waals surface area contributed by atoms with Crippen LogP contribution in [-0.4, -0.2) is 61.3 Å². The number of hydrogen-bond donors (Lipinski definition) is 2. The van der Waals surface area contributed by atoms with Crippen LogP contribution in [0.1, 0.15) is 18.9 Å². The number of amides is 1. The lowest BCUT2D eigenvalue weighted by molar-refractivity contribution is -0.123. The lowest BCUT2D eigenvalue weighted by atomic mass is 9.96. The van der Waals surface area contributed by atoms with Crippen molar-refractivity contribution in [2.75, 3.05) is 44.2 Å². The van der Waals surface area contributed by atoms with Crippen LogP contribution < -0.4 is 10.2 Å². The van der Waals surface area contributed by atoms with Gasteiger partial charge in [0.2, 0.25) is 5.91 Å². The summed E-state index contributed by atoms with van der Waals surface area (Å²) in [5.74, 6) is 0.392. The number of para-hydroxylation sites is 1. The van der Waals surface area contributed by atoms with E-state index < -0.39 is 0 Å². The predicted molar refractivity (Wildman–Crippen MR) is 91.6 cm³/mol. The number of likely N-dealkylation sites (tertiary alicyclic amines) is 1. The third-order valence-electron chi connectivity index (χ3n) is 5.06. The van der Waals surface area contributed by atoms with Gasteiger partial charge in [-0.3, -0.25) is 9.69 Å². The number of fused-ring (bicyclic) bond motifs is 1. The topological polar surface area (TPSA) is 55.8 Å². The number of hydrogen-bond acceptors (Lipinski definition) is 4. The van der Waals surface area contributed by atoms with Crippen LogP contribution in [0.2, 0.25) is 0 Å². The van der Waals surface area contributed by atoms with Gasteiger partial charge >= 0.3 is 0 Å². The second kappa shape index (κ2) is 7.32. The summed E-state index contributed by atoms with van der Waals surface area (Å²) < 4.78 is 0. The molecular formula is C18H27N3O2. The second-order valence-electron chi connectivity index (χ2n) is 6.78. The Bertz CT molecular complexity index is 549. The van der Waals surface area contributed by atoms with E-state index in [1.165, 1.54) is 11.3 Å². The molecule has 1 aromatic rings. The molecule has 3 rings (SSSR count). The monoisotopic (exact) mass is 317 g/mol. The Hall–Kier alpha value is -1.59. The van der Waals surface area contributed by atoms with Crippen LogP contribution in [0.25, 0.3) is 0 Å². The minimum atomic E-state index is -0.308. The van der Waals surface area contributed by atoms with Crippen molar-refractivity contribution in [3.63, 3.8) is 0 Å². The highest BCUT2D eigenvalue weighted by molar-refractivity contribution is 5.78. The first-order valence-corrected chi connectivity index (χ1v) is 8.63. The van der Waals surface area contributed by atoms with E-state index in [1.807, 2.05) is 4.90 Å². The fraction of sp³-hybridized carbons (Fsp3) is 0.611. The molecule has 126 valence electrons. The molecule has 0 saturated carbocycles. The highest BCUT2D eigenvalue weighted by Gasteiger charge is 2.25. The largest absolute Gasteiger partial charge is 0.392 e. The maximum Gasteiger partial charge on any atom is 0.234 e. The molecule has 23 heavy (non-hydrogen) atoms. The van der Waals surface area contributed by atoms with Crippen LogP contribution >= 0.6 is 0 Å². The Kier molecular flexibility index (Phi) is 5.18. The van der Waals surface area contributed by atoms with Gasteiger partial charge in [0, 0.05) is 31.9 Å². The molecule has 5 heteroatoms. The van der Waals surface area contributed by atoms with E-state index in [0.717, 1.165) is 32.5 Å². The molecule has 2 aliphatic heterocycles. The zero-order valence-corrected chi connectivity index (χ0v) is 13.9. The summed E-state index contributed by atoms with van der Waals surface area (Å²) in [5.41, 5.74) is 2.70. The molecule has 1 amide bonds. The molecule has 1 fully saturated rings. The normalized spacial score (nSPS) is 24.5. The molecule has 5 nitrogen and oxygen atoms in total. The van der Waals surface area contributed by atoms with Gasteiger partial charge in [0.1, 0.15) is 0 Å². The van der Waals surface area contributed by atoms with Gasteiger partial charge in [-0.05, 0) is 36.9 Å². The molecule has 0 aromatic heterocycles. The van der Waals surface area contributed by atoms with Gasteiger partial charge in [0.25, 0.3) is 0 Å². The Labute approximate surface area is 138 Å². The maximum atomic E-state index is 12.1. The second-order valence-corrected chi connectivity index (χ2v) is 6.78. The highest BCUT2D eigenvalue weighted by Crippen LogP contribution is 2.26. The van der Waals surface area contributed by atoms with Crippen molar-refractivity contribution in [1.82, 2.24) is 10.2 Å². The number of carbonyl (C=O) groups excluding carboxylic acids is 1. The number of piperidine rings is 1. The number of anilines is 1. The van der Waals surface area contributed by atoms with E-state index in [9.17, 15) is 9.90 Å². The molecule has 1 aromatic carbocycles. The summed E-state index contributed by atoms with van der Waals surface area (Å²) in [6.45, 7) is 6.50. The first kappa shape index (κ1) is 16.3. The third-order valence-corrected chi connectivity index (χ3v) is 5.06. The number of rotatable bonds is 5. The van der Waals surface area contributed by atoms with Crippen molar-refractivity contribution in [2.45, 2.75) is 25.9 Å². The summed E-state index contributed by atoms with van der Waals surface area (Å²) in [7, 11) is 0. The first-order valence-electron chi connectivity index (χ1n) is 8.63.